The highest BCUT2D eigenvalue weighted by molar-refractivity contribution is 6.33. The molecule has 2 rings (SSSR count). The lowest BCUT2D eigenvalue weighted by molar-refractivity contribution is -0.118. The Morgan fingerprint density at radius 1 is 1.04 bits per heavy atom. The summed E-state index contributed by atoms with van der Waals surface area (Å²) in [5, 5.41) is 5.60. The number of carbonyl (C=O) groups is 2. The van der Waals surface area contributed by atoms with Crippen molar-refractivity contribution in [3.63, 3.8) is 0 Å². The summed E-state index contributed by atoms with van der Waals surface area (Å²) >= 11 is 6.02. The first-order valence-corrected chi connectivity index (χ1v) is 8.57. The summed E-state index contributed by atoms with van der Waals surface area (Å²) in [5.41, 5.74) is 0.658. The number of benzene rings is 2. The van der Waals surface area contributed by atoms with Crippen molar-refractivity contribution in [2.75, 3.05) is 5.32 Å². The molecule has 0 aromatic heterocycles. The van der Waals surface area contributed by atoms with Crippen molar-refractivity contribution in [2.45, 2.75) is 26.5 Å². The zero-order valence-corrected chi connectivity index (χ0v) is 15.5. The zero-order valence-electron chi connectivity index (χ0n) is 14.7. The number of rotatable bonds is 7. The molecule has 0 fully saturated rings. The molecule has 1 atom stereocenters. The first-order valence-electron chi connectivity index (χ1n) is 8.19. The third-order valence-corrected chi connectivity index (χ3v) is 4.03. The lowest BCUT2D eigenvalue weighted by Crippen LogP contribution is -2.47. The molecule has 5 nitrogen and oxygen atoms in total. The van der Waals surface area contributed by atoms with E-state index in [1.54, 1.807) is 38.1 Å². The molecule has 0 aliphatic rings. The number of nitrogens with one attached hydrogen (secondary N) is 2. The van der Waals surface area contributed by atoms with Crippen molar-refractivity contribution in [3.8, 4) is 5.75 Å². The van der Waals surface area contributed by atoms with Crippen LogP contribution in [-0.4, -0.2) is 24.5 Å². The molecule has 0 unspecified atom stereocenters. The molecule has 0 aliphatic carbocycles. The second kappa shape index (κ2) is 9.32. The summed E-state index contributed by atoms with van der Waals surface area (Å²) in [5.74, 6) is -1.11. The van der Waals surface area contributed by atoms with Crippen LogP contribution in [0.15, 0.2) is 48.5 Å². The fraction of sp³-hybridized carbons (Fsp3) is 0.263. The Morgan fingerprint density at radius 2 is 1.67 bits per heavy atom. The molecule has 2 N–H and O–H groups in total. The topological polar surface area (TPSA) is 67.4 Å². The lowest BCUT2D eigenvalue weighted by atomic mass is 10.0. The van der Waals surface area contributed by atoms with Crippen LogP contribution < -0.4 is 15.4 Å². The van der Waals surface area contributed by atoms with Gasteiger partial charge in [0.25, 0.3) is 5.91 Å². The van der Waals surface area contributed by atoms with Gasteiger partial charge in [-0.3, -0.25) is 9.59 Å². The summed E-state index contributed by atoms with van der Waals surface area (Å²) in [7, 11) is 0. The van der Waals surface area contributed by atoms with Crippen LogP contribution in [0.4, 0.5) is 14.5 Å². The van der Waals surface area contributed by atoms with E-state index in [0.29, 0.717) is 5.69 Å². The fourth-order valence-corrected chi connectivity index (χ4v) is 2.56. The van der Waals surface area contributed by atoms with Gasteiger partial charge in [-0.15, -0.1) is 0 Å². The van der Waals surface area contributed by atoms with E-state index < -0.39 is 24.5 Å². The predicted octanol–water partition coefficient (Wildman–Crippen LogP) is 4.33. The van der Waals surface area contributed by atoms with Gasteiger partial charge in [0.1, 0.15) is 11.8 Å². The van der Waals surface area contributed by atoms with Gasteiger partial charge in [-0.05, 0) is 42.3 Å². The Balaban J connectivity index is 2.06. The molecule has 144 valence electrons. The second-order valence-corrected chi connectivity index (χ2v) is 6.47. The molecule has 27 heavy (non-hydrogen) atoms. The monoisotopic (exact) mass is 396 g/mol. The normalized spacial score (nSPS) is 12.0. The number of hydrogen-bond donors (Lipinski definition) is 2. The average molecular weight is 397 g/mol. The molecule has 0 spiro atoms. The summed E-state index contributed by atoms with van der Waals surface area (Å²) in [6.07, 6.45) is 0. The molecule has 0 bridgehead atoms. The molecule has 2 aromatic rings. The van der Waals surface area contributed by atoms with Crippen LogP contribution in [0, 0.1) is 5.92 Å². The Bertz CT molecular complexity index is 798. The summed E-state index contributed by atoms with van der Waals surface area (Å²) in [6.45, 7) is 0.656. The Kier molecular flexibility index (Phi) is 7.12. The highest BCUT2D eigenvalue weighted by Gasteiger charge is 2.25. The van der Waals surface area contributed by atoms with E-state index in [-0.39, 0.29) is 22.3 Å². The third kappa shape index (κ3) is 5.92. The molecular weight excluding hydrogens is 378 g/mol. The molecule has 8 heteroatoms. The van der Waals surface area contributed by atoms with Crippen LogP contribution >= 0.6 is 11.6 Å². The van der Waals surface area contributed by atoms with Crippen LogP contribution in [0.5, 0.6) is 5.75 Å². The number of carbonyl (C=O) groups excluding carboxylic acids is 2. The van der Waals surface area contributed by atoms with Crippen molar-refractivity contribution < 1.29 is 23.1 Å². The van der Waals surface area contributed by atoms with Crippen molar-refractivity contribution in [2.24, 2.45) is 5.92 Å². The first kappa shape index (κ1) is 20.6. The summed E-state index contributed by atoms with van der Waals surface area (Å²) < 4.78 is 28.6. The summed E-state index contributed by atoms with van der Waals surface area (Å²) in [4.78, 5) is 25.0. The highest BCUT2D eigenvalue weighted by Crippen LogP contribution is 2.19. The van der Waals surface area contributed by atoms with Gasteiger partial charge in [0.15, 0.2) is 0 Å². The SMILES string of the molecule is CC(C)[C@H](NC(=O)c1ccccc1Cl)C(=O)Nc1ccc(OC(F)F)cc1. The highest BCUT2D eigenvalue weighted by atomic mass is 35.5. The predicted molar refractivity (Wildman–Crippen MR) is 99.2 cm³/mol. The average Bonchev–Trinajstić information content (AvgIpc) is 2.60. The van der Waals surface area contributed by atoms with E-state index in [9.17, 15) is 18.4 Å². The molecule has 0 saturated carbocycles. The smallest absolute Gasteiger partial charge is 0.387 e. The van der Waals surface area contributed by atoms with E-state index in [1.165, 1.54) is 24.3 Å². The van der Waals surface area contributed by atoms with Crippen molar-refractivity contribution in [1.82, 2.24) is 5.32 Å². The van der Waals surface area contributed by atoms with Gasteiger partial charge in [-0.2, -0.15) is 8.78 Å². The van der Waals surface area contributed by atoms with Gasteiger partial charge in [-0.25, -0.2) is 0 Å². The molecule has 0 radical (unpaired) electrons. The number of hydrogen-bond acceptors (Lipinski definition) is 3. The van der Waals surface area contributed by atoms with Crippen LogP contribution in [-0.2, 0) is 4.79 Å². The molecule has 2 aromatic carbocycles. The maximum absolute atomic E-state index is 12.6. The van der Waals surface area contributed by atoms with E-state index in [2.05, 4.69) is 15.4 Å². The largest absolute Gasteiger partial charge is 0.435 e. The number of ether oxygens (including phenoxy) is 1. The van der Waals surface area contributed by atoms with Gasteiger partial charge in [0, 0.05) is 5.69 Å². The van der Waals surface area contributed by atoms with Crippen LogP contribution in [0.1, 0.15) is 24.2 Å². The van der Waals surface area contributed by atoms with Gasteiger partial charge >= 0.3 is 6.61 Å². The number of anilines is 1. The minimum Gasteiger partial charge on any atom is -0.435 e. The number of alkyl halides is 2. The molecule has 0 saturated heterocycles. The van der Waals surface area contributed by atoms with Crippen molar-refractivity contribution in [3.05, 3.63) is 59.1 Å². The standard InChI is InChI=1S/C19H19ClF2N2O3/c1-11(2)16(24-17(25)14-5-3-4-6-15(14)20)18(26)23-12-7-9-13(10-8-12)27-19(21)22/h3-11,16,19H,1-2H3,(H,23,26)(H,24,25)/t16-/m0/s1. The molecule has 0 aliphatic heterocycles. The molecule has 2 amide bonds. The van der Waals surface area contributed by atoms with Crippen LogP contribution in [0.2, 0.25) is 5.02 Å². The van der Waals surface area contributed by atoms with Crippen LogP contribution in [0.25, 0.3) is 0 Å². The maximum atomic E-state index is 12.6. The summed E-state index contributed by atoms with van der Waals surface area (Å²) in [6, 6.07) is 11.2. The van der Waals surface area contributed by atoms with Gasteiger partial charge in [0.05, 0.1) is 10.6 Å². The fourth-order valence-electron chi connectivity index (χ4n) is 2.34. The maximum Gasteiger partial charge on any atom is 0.387 e. The third-order valence-electron chi connectivity index (χ3n) is 3.70. The first-order chi connectivity index (χ1) is 12.8. The Morgan fingerprint density at radius 3 is 2.22 bits per heavy atom. The zero-order chi connectivity index (χ0) is 20.0. The molecule has 0 heterocycles. The quantitative estimate of drug-likeness (QED) is 0.731. The second-order valence-electron chi connectivity index (χ2n) is 6.07. The van der Waals surface area contributed by atoms with Gasteiger partial charge < -0.3 is 15.4 Å². The van der Waals surface area contributed by atoms with Crippen LogP contribution in [0.3, 0.4) is 0 Å². The van der Waals surface area contributed by atoms with E-state index in [1.807, 2.05) is 0 Å². The minimum atomic E-state index is -2.92. The van der Waals surface area contributed by atoms with E-state index in [4.69, 9.17) is 11.6 Å². The van der Waals surface area contributed by atoms with Gasteiger partial charge in [0.2, 0.25) is 5.91 Å². The number of halogens is 3. The number of amides is 2. The van der Waals surface area contributed by atoms with Crippen molar-refractivity contribution in [1.29, 1.82) is 0 Å². The van der Waals surface area contributed by atoms with Crippen molar-refractivity contribution >= 4 is 29.1 Å². The Labute approximate surface area is 160 Å². The minimum absolute atomic E-state index is 0.0181. The van der Waals surface area contributed by atoms with E-state index >= 15 is 0 Å². The molecular formula is C19H19ClF2N2O3. The van der Waals surface area contributed by atoms with E-state index in [0.717, 1.165) is 0 Å². The van der Waals surface area contributed by atoms with Gasteiger partial charge in [-0.1, -0.05) is 37.6 Å². The lowest BCUT2D eigenvalue weighted by Gasteiger charge is -2.22. The Hall–Kier alpha value is -2.67.